The smallest absolute Gasteiger partial charge is 0.394 e. The SMILES string of the molecule is O=C(CCc1c(-c2ccc(F)cc2)[nH]c2c(F)cc(Cl)cc12)N[C@H](CO)C(F)(F)F. The summed E-state index contributed by atoms with van der Waals surface area (Å²) in [4.78, 5) is 14.9. The molecule has 4 nitrogen and oxygen atoms in total. The van der Waals surface area contributed by atoms with Crippen molar-refractivity contribution in [2.75, 3.05) is 6.61 Å². The molecule has 1 aromatic heterocycles. The topological polar surface area (TPSA) is 65.1 Å². The number of aliphatic hydroxyl groups excluding tert-OH is 1. The van der Waals surface area contributed by atoms with Gasteiger partial charge in [-0.05, 0) is 53.9 Å². The standard InChI is InChI=1S/C20H16ClF5N2O2/c21-11-7-14-13(5-6-17(30)27-16(9-29)20(24,25)26)18(28-19(14)15(23)8-11)10-1-3-12(22)4-2-10/h1-4,7-8,16,28-29H,5-6,9H2,(H,27,30)/t16-/m1/s1. The van der Waals surface area contributed by atoms with Crippen LogP contribution in [0, 0.1) is 11.6 Å². The van der Waals surface area contributed by atoms with Crippen LogP contribution in [-0.2, 0) is 11.2 Å². The van der Waals surface area contributed by atoms with Crippen LogP contribution in [0.15, 0.2) is 36.4 Å². The van der Waals surface area contributed by atoms with E-state index in [1.54, 1.807) is 5.32 Å². The first-order valence-electron chi connectivity index (χ1n) is 8.82. The van der Waals surface area contributed by atoms with Gasteiger partial charge in [-0.25, -0.2) is 8.78 Å². The van der Waals surface area contributed by atoms with E-state index in [1.165, 1.54) is 30.3 Å². The molecule has 0 fully saturated rings. The zero-order chi connectivity index (χ0) is 22.1. The van der Waals surface area contributed by atoms with Crippen molar-refractivity contribution in [1.82, 2.24) is 10.3 Å². The molecule has 30 heavy (non-hydrogen) atoms. The molecular weight excluding hydrogens is 431 g/mol. The highest BCUT2D eigenvalue weighted by Crippen LogP contribution is 2.34. The first kappa shape index (κ1) is 22.0. The molecule has 2 aromatic carbocycles. The minimum absolute atomic E-state index is 0.0473. The van der Waals surface area contributed by atoms with E-state index in [9.17, 15) is 26.7 Å². The molecule has 10 heteroatoms. The van der Waals surface area contributed by atoms with Gasteiger partial charge in [0.2, 0.25) is 5.91 Å². The Morgan fingerprint density at radius 1 is 1.17 bits per heavy atom. The van der Waals surface area contributed by atoms with Crippen molar-refractivity contribution in [3.8, 4) is 11.3 Å². The van der Waals surface area contributed by atoms with Gasteiger partial charge < -0.3 is 15.4 Å². The van der Waals surface area contributed by atoms with Crippen LogP contribution in [-0.4, -0.2) is 34.8 Å². The van der Waals surface area contributed by atoms with Gasteiger partial charge in [0.25, 0.3) is 0 Å². The molecule has 3 N–H and O–H groups in total. The van der Waals surface area contributed by atoms with Crippen LogP contribution >= 0.6 is 11.6 Å². The molecular formula is C20H16ClF5N2O2. The van der Waals surface area contributed by atoms with Crippen LogP contribution < -0.4 is 5.32 Å². The maximum Gasteiger partial charge on any atom is 0.410 e. The van der Waals surface area contributed by atoms with Crippen molar-refractivity contribution in [3.05, 3.63) is 58.6 Å². The number of hydrogen-bond acceptors (Lipinski definition) is 2. The molecule has 3 rings (SSSR count). The van der Waals surface area contributed by atoms with E-state index in [4.69, 9.17) is 16.7 Å². The van der Waals surface area contributed by atoms with Gasteiger partial charge in [-0.15, -0.1) is 0 Å². The number of aromatic nitrogens is 1. The largest absolute Gasteiger partial charge is 0.410 e. The number of nitrogens with one attached hydrogen (secondary N) is 2. The van der Waals surface area contributed by atoms with Crippen molar-refractivity contribution < 1.29 is 31.9 Å². The number of fused-ring (bicyclic) bond motifs is 1. The average Bonchev–Trinajstić information content (AvgIpc) is 3.02. The second-order valence-electron chi connectivity index (χ2n) is 6.64. The molecule has 0 aliphatic rings. The summed E-state index contributed by atoms with van der Waals surface area (Å²) in [5.41, 5.74) is 1.45. The number of rotatable bonds is 6. The van der Waals surface area contributed by atoms with Crippen LogP contribution in [0.2, 0.25) is 5.02 Å². The predicted molar refractivity (Wildman–Crippen MR) is 102 cm³/mol. The van der Waals surface area contributed by atoms with Crippen molar-refractivity contribution in [2.24, 2.45) is 0 Å². The third-order valence-corrected chi connectivity index (χ3v) is 4.80. The van der Waals surface area contributed by atoms with Gasteiger partial charge in [-0.3, -0.25) is 4.79 Å². The lowest BCUT2D eigenvalue weighted by atomic mass is 10.0. The number of amides is 1. The number of aliphatic hydroxyl groups is 1. The molecule has 0 radical (unpaired) electrons. The number of aryl methyl sites for hydroxylation is 1. The third-order valence-electron chi connectivity index (χ3n) is 4.58. The molecule has 1 amide bonds. The summed E-state index contributed by atoms with van der Waals surface area (Å²) >= 11 is 5.94. The normalized spacial score (nSPS) is 12.9. The number of benzene rings is 2. The summed E-state index contributed by atoms with van der Waals surface area (Å²) in [6.07, 6.45) is -5.20. The van der Waals surface area contributed by atoms with E-state index in [0.717, 1.165) is 6.07 Å². The summed E-state index contributed by atoms with van der Waals surface area (Å²) in [6.45, 7) is -1.29. The van der Waals surface area contributed by atoms with E-state index in [2.05, 4.69) is 4.98 Å². The summed E-state index contributed by atoms with van der Waals surface area (Å²) in [7, 11) is 0. The Morgan fingerprint density at radius 2 is 1.83 bits per heavy atom. The molecule has 160 valence electrons. The zero-order valence-electron chi connectivity index (χ0n) is 15.3. The molecule has 0 spiro atoms. The molecule has 0 saturated carbocycles. The van der Waals surface area contributed by atoms with E-state index < -0.39 is 36.4 Å². The predicted octanol–water partition coefficient (Wildman–Crippen LogP) is 4.74. The number of carbonyl (C=O) groups excluding carboxylic acids is 1. The van der Waals surface area contributed by atoms with Gasteiger partial charge in [0.05, 0.1) is 12.1 Å². The second kappa shape index (κ2) is 8.61. The van der Waals surface area contributed by atoms with Crippen LogP contribution in [0.5, 0.6) is 0 Å². The number of alkyl halides is 3. The molecule has 0 aliphatic heterocycles. The Kier molecular flexibility index (Phi) is 6.33. The number of hydrogen-bond donors (Lipinski definition) is 3. The van der Waals surface area contributed by atoms with Crippen molar-refractivity contribution >= 4 is 28.4 Å². The summed E-state index contributed by atoms with van der Waals surface area (Å²) in [5.74, 6) is -2.06. The van der Waals surface area contributed by atoms with Crippen LogP contribution in [0.1, 0.15) is 12.0 Å². The van der Waals surface area contributed by atoms with Gasteiger partial charge in [-0.1, -0.05) is 11.6 Å². The van der Waals surface area contributed by atoms with Gasteiger partial charge in [0, 0.05) is 22.5 Å². The fourth-order valence-electron chi connectivity index (χ4n) is 3.13. The number of H-pyrrole nitrogens is 1. The summed E-state index contributed by atoms with van der Waals surface area (Å²) < 4.78 is 65.9. The fourth-order valence-corrected chi connectivity index (χ4v) is 3.34. The number of aromatic amines is 1. The molecule has 1 atom stereocenters. The quantitative estimate of drug-likeness (QED) is 0.479. The Bertz CT molecular complexity index is 1060. The number of carbonyl (C=O) groups is 1. The minimum atomic E-state index is -4.79. The molecule has 1 heterocycles. The Balaban J connectivity index is 1.94. The fraction of sp³-hybridized carbons (Fsp3) is 0.250. The Labute approximate surface area is 172 Å². The van der Waals surface area contributed by atoms with E-state index >= 15 is 0 Å². The zero-order valence-corrected chi connectivity index (χ0v) is 16.0. The molecule has 0 aliphatic carbocycles. The lowest BCUT2D eigenvalue weighted by molar-refractivity contribution is -0.168. The van der Waals surface area contributed by atoms with Crippen LogP contribution in [0.4, 0.5) is 22.0 Å². The average molecular weight is 447 g/mol. The molecule has 0 bridgehead atoms. The van der Waals surface area contributed by atoms with E-state index in [0.29, 0.717) is 22.2 Å². The monoisotopic (exact) mass is 446 g/mol. The first-order valence-corrected chi connectivity index (χ1v) is 9.20. The van der Waals surface area contributed by atoms with E-state index in [-0.39, 0.29) is 23.4 Å². The summed E-state index contributed by atoms with van der Waals surface area (Å²) in [5, 5.41) is 11.1. The minimum Gasteiger partial charge on any atom is -0.394 e. The van der Waals surface area contributed by atoms with E-state index in [1.807, 2.05) is 0 Å². The molecule has 0 unspecified atom stereocenters. The van der Waals surface area contributed by atoms with Crippen molar-refractivity contribution in [2.45, 2.75) is 25.1 Å². The Morgan fingerprint density at radius 3 is 2.43 bits per heavy atom. The van der Waals surface area contributed by atoms with Crippen molar-refractivity contribution in [3.63, 3.8) is 0 Å². The van der Waals surface area contributed by atoms with Crippen molar-refractivity contribution in [1.29, 1.82) is 0 Å². The highest BCUT2D eigenvalue weighted by atomic mass is 35.5. The molecule has 3 aromatic rings. The lowest BCUT2D eigenvalue weighted by Gasteiger charge is -2.19. The maximum absolute atomic E-state index is 14.4. The van der Waals surface area contributed by atoms with Crippen LogP contribution in [0.25, 0.3) is 22.2 Å². The lowest BCUT2D eigenvalue weighted by Crippen LogP contribution is -2.47. The number of halogens is 6. The summed E-state index contributed by atoms with van der Waals surface area (Å²) in [6, 6.07) is 5.51. The van der Waals surface area contributed by atoms with Gasteiger partial charge in [-0.2, -0.15) is 13.2 Å². The van der Waals surface area contributed by atoms with Gasteiger partial charge >= 0.3 is 6.18 Å². The second-order valence-corrected chi connectivity index (χ2v) is 7.08. The first-order chi connectivity index (χ1) is 14.1. The van der Waals surface area contributed by atoms with Gasteiger partial charge in [0.1, 0.15) is 17.7 Å². The highest BCUT2D eigenvalue weighted by molar-refractivity contribution is 6.31. The third kappa shape index (κ3) is 4.73. The molecule has 0 saturated heterocycles. The highest BCUT2D eigenvalue weighted by Gasteiger charge is 2.40. The van der Waals surface area contributed by atoms with Crippen LogP contribution in [0.3, 0.4) is 0 Å². The Hall–Kier alpha value is -2.65. The maximum atomic E-state index is 14.4. The van der Waals surface area contributed by atoms with Gasteiger partial charge in [0.15, 0.2) is 0 Å².